The summed E-state index contributed by atoms with van der Waals surface area (Å²) in [5.74, 6) is 0.134. The average Bonchev–Trinajstić information content (AvgIpc) is 3.05. The van der Waals surface area contributed by atoms with Crippen LogP contribution in [0, 0.1) is 16.0 Å². The Morgan fingerprint density at radius 1 is 1.41 bits per heavy atom. The maximum atomic E-state index is 11.8. The number of hydrogen-bond donors (Lipinski definition) is 1. The van der Waals surface area contributed by atoms with Crippen LogP contribution in [0.25, 0.3) is 6.08 Å². The molecule has 0 aliphatic rings. The van der Waals surface area contributed by atoms with Crippen molar-refractivity contribution in [2.45, 2.75) is 20.3 Å². The average molecular weight is 338 g/mol. The van der Waals surface area contributed by atoms with Crippen molar-refractivity contribution < 1.29 is 9.72 Å². The molecule has 2 aromatic rings. The van der Waals surface area contributed by atoms with E-state index in [1.54, 1.807) is 6.07 Å². The molecule has 0 aromatic carbocycles. The van der Waals surface area contributed by atoms with Gasteiger partial charge in [0.05, 0.1) is 4.92 Å². The van der Waals surface area contributed by atoms with Gasteiger partial charge in [-0.3, -0.25) is 20.2 Å². The smallest absolute Gasteiger partial charge is 0.297 e. The van der Waals surface area contributed by atoms with Gasteiger partial charge in [0.15, 0.2) is 0 Å². The Kier molecular flexibility index (Phi) is 5.34. The summed E-state index contributed by atoms with van der Waals surface area (Å²) < 4.78 is 0. The molecule has 1 amide bonds. The summed E-state index contributed by atoms with van der Waals surface area (Å²) in [6.45, 7) is 4.17. The van der Waals surface area contributed by atoms with Crippen molar-refractivity contribution in [3.63, 3.8) is 0 Å². The summed E-state index contributed by atoms with van der Waals surface area (Å²) in [5.41, 5.74) is 0. The van der Waals surface area contributed by atoms with E-state index in [0.29, 0.717) is 15.9 Å². The molecule has 0 aliphatic carbocycles. The van der Waals surface area contributed by atoms with Crippen LogP contribution < -0.4 is 5.32 Å². The molecule has 22 heavy (non-hydrogen) atoms. The third kappa shape index (κ3) is 4.71. The molecular formula is C13H14N4O3S2. The molecule has 9 heteroatoms. The highest BCUT2D eigenvalue weighted by Gasteiger charge is 2.09. The van der Waals surface area contributed by atoms with Gasteiger partial charge in [-0.15, -0.1) is 10.2 Å². The van der Waals surface area contributed by atoms with Crippen LogP contribution in [0.1, 0.15) is 23.7 Å². The van der Waals surface area contributed by atoms with Crippen molar-refractivity contribution in [3.8, 4) is 0 Å². The summed E-state index contributed by atoms with van der Waals surface area (Å²) >= 11 is 2.35. The van der Waals surface area contributed by atoms with E-state index in [4.69, 9.17) is 0 Å². The molecule has 0 unspecified atom stereocenters. The molecule has 0 saturated carbocycles. The Labute approximate surface area is 134 Å². The van der Waals surface area contributed by atoms with Gasteiger partial charge < -0.3 is 0 Å². The van der Waals surface area contributed by atoms with Crippen LogP contribution in [0.4, 0.5) is 10.1 Å². The number of hydrogen-bond acceptors (Lipinski definition) is 7. The molecule has 0 radical (unpaired) electrons. The monoisotopic (exact) mass is 338 g/mol. The SMILES string of the molecule is CC(C)Cc1nnc(NC(=O)/C=C/c2ccc([N+](=O)[O-])s2)s1. The number of thiophene rings is 1. The minimum absolute atomic E-state index is 0.0440. The first-order chi connectivity index (χ1) is 10.4. The Morgan fingerprint density at radius 2 is 2.18 bits per heavy atom. The van der Waals surface area contributed by atoms with Gasteiger partial charge in [-0.1, -0.05) is 36.5 Å². The van der Waals surface area contributed by atoms with Gasteiger partial charge in [0.1, 0.15) is 5.01 Å². The van der Waals surface area contributed by atoms with Crippen LogP contribution in [0.5, 0.6) is 0 Å². The summed E-state index contributed by atoms with van der Waals surface area (Å²) in [4.78, 5) is 22.5. The van der Waals surface area contributed by atoms with Crippen LogP contribution in [-0.4, -0.2) is 21.0 Å². The van der Waals surface area contributed by atoms with Crippen LogP contribution in [0.15, 0.2) is 18.2 Å². The second-order valence-electron chi connectivity index (χ2n) is 4.85. The van der Waals surface area contributed by atoms with Crippen molar-refractivity contribution in [2.75, 3.05) is 5.32 Å². The molecule has 0 fully saturated rings. The van der Waals surface area contributed by atoms with Gasteiger partial charge in [0.25, 0.3) is 0 Å². The van der Waals surface area contributed by atoms with Crippen molar-refractivity contribution in [2.24, 2.45) is 5.92 Å². The van der Waals surface area contributed by atoms with E-state index in [2.05, 4.69) is 29.4 Å². The quantitative estimate of drug-likeness (QED) is 0.495. The zero-order chi connectivity index (χ0) is 16.1. The third-order valence-corrected chi connectivity index (χ3v) is 4.33. The summed E-state index contributed by atoms with van der Waals surface area (Å²) in [6, 6.07) is 3.00. The highest BCUT2D eigenvalue weighted by atomic mass is 32.1. The first-order valence-electron chi connectivity index (χ1n) is 6.49. The van der Waals surface area contributed by atoms with Gasteiger partial charge in [-0.05, 0) is 18.1 Å². The number of carbonyl (C=O) groups is 1. The van der Waals surface area contributed by atoms with Crippen LogP contribution in [-0.2, 0) is 11.2 Å². The van der Waals surface area contributed by atoms with E-state index in [1.807, 2.05) is 0 Å². The topological polar surface area (TPSA) is 98.0 Å². The highest BCUT2D eigenvalue weighted by molar-refractivity contribution is 7.16. The normalized spacial score (nSPS) is 11.2. The van der Waals surface area contributed by atoms with Gasteiger partial charge in [0, 0.05) is 23.4 Å². The predicted molar refractivity (Wildman–Crippen MR) is 87.1 cm³/mol. The zero-order valence-corrected chi connectivity index (χ0v) is 13.6. The lowest BCUT2D eigenvalue weighted by Gasteiger charge is -1.97. The van der Waals surface area contributed by atoms with Crippen molar-refractivity contribution in [1.29, 1.82) is 0 Å². The number of nitrogens with one attached hydrogen (secondary N) is 1. The van der Waals surface area contributed by atoms with Gasteiger partial charge >= 0.3 is 5.00 Å². The lowest BCUT2D eigenvalue weighted by molar-refractivity contribution is -0.380. The number of carbonyl (C=O) groups excluding carboxylic acids is 1. The Morgan fingerprint density at radius 3 is 2.82 bits per heavy atom. The number of aromatic nitrogens is 2. The summed E-state index contributed by atoms with van der Waals surface area (Å²) in [6.07, 6.45) is 3.67. The first kappa shape index (κ1) is 16.2. The van der Waals surface area contributed by atoms with E-state index in [0.717, 1.165) is 22.8 Å². The van der Waals surface area contributed by atoms with E-state index >= 15 is 0 Å². The van der Waals surface area contributed by atoms with E-state index in [-0.39, 0.29) is 10.9 Å². The minimum atomic E-state index is -0.459. The Hall–Kier alpha value is -2.13. The van der Waals surface area contributed by atoms with E-state index in [1.165, 1.54) is 29.6 Å². The molecule has 0 aliphatic heterocycles. The highest BCUT2D eigenvalue weighted by Crippen LogP contribution is 2.25. The third-order valence-electron chi connectivity index (χ3n) is 2.47. The van der Waals surface area contributed by atoms with Crippen LogP contribution >= 0.6 is 22.7 Å². The predicted octanol–water partition coefficient (Wildman–Crippen LogP) is 3.36. The molecule has 0 bridgehead atoms. The number of nitrogens with zero attached hydrogens (tertiary/aromatic N) is 3. The largest absolute Gasteiger partial charge is 0.324 e. The summed E-state index contributed by atoms with van der Waals surface area (Å²) in [7, 11) is 0. The fraction of sp³-hybridized carbons (Fsp3) is 0.308. The van der Waals surface area contributed by atoms with E-state index in [9.17, 15) is 14.9 Å². The van der Waals surface area contributed by atoms with Crippen LogP contribution in [0.3, 0.4) is 0 Å². The maximum absolute atomic E-state index is 11.8. The molecule has 0 spiro atoms. The van der Waals surface area contributed by atoms with Crippen molar-refractivity contribution >= 4 is 44.8 Å². The first-order valence-corrected chi connectivity index (χ1v) is 8.13. The maximum Gasteiger partial charge on any atom is 0.324 e. The molecule has 2 aromatic heterocycles. The number of rotatable bonds is 6. The molecular weight excluding hydrogens is 324 g/mol. The lowest BCUT2D eigenvalue weighted by Crippen LogP contribution is -2.07. The fourth-order valence-corrected chi connectivity index (χ4v) is 3.25. The van der Waals surface area contributed by atoms with Crippen LogP contribution in [0.2, 0.25) is 0 Å². The van der Waals surface area contributed by atoms with Crippen molar-refractivity contribution in [3.05, 3.63) is 38.2 Å². The second kappa shape index (κ2) is 7.23. The van der Waals surface area contributed by atoms with E-state index < -0.39 is 4.92 Å². The van der Waals surface area contributed by atoms with Gasteiger partial charge in [-0.25, -0.2) is 0 Å². The fourth-order valence-electron chi connectivity index (χ4n) is 1.57. The van der Waals surface area contributed by atoms with Crippen molar-refractivity contribution in [1.82, 2.24) is 10.2 Å². The molecule has 2 heterocycles. The standard InChI is InChI=1S/C13H14N4O3S2/c1-8(2)7-11-15-16-13(22-11)14-10(18)5-3-9-4-6-12(21-9)17(19)20/h3-6,8H,7H2,1-2H3,(H,14,16,18)/b5-3+. The Bertz CT molecular complexity index is 706. The summed E-state index contributed by atoms with van der Waals surface area (Å²) in [5, 5.41) is 22.5. The molecule has 1 N–H and O–H groups in total. The molecule has 116 valence electrons. The van der Waals surface area contributed by atoms with Gasteiger partial charge in [0.2, 0.25) is 11.0 Å². The number of nitro groups is 1. The molecule has 0 atom stereocenters. The number of anilines is 1. The Balaban J connectivity index is 1.93. The van der Waals surface area contributed by atoms with Gasteiger partial charge in [-0.2, -0.15) is 0 Å². The lowest BCUT2D eigenvalue weighted by atomic mass is 10.1. The second-order valence-corrected chi connectivity index (χ2v) is 7.01. The number of amides is 1. The molecule has 0 saturated heterocycles. The molecule has 2 rings (SSSR count). The molecule has 7 nitrogen and oxygen atoms in total. The zero-order valence-electron chi connectivity index (χ0n) is 12.0. The minimum Gasteiger partial charge on any atom is -0.297 e.